The van der Waals surface area contributed by atoms with E-state index in [1.54, 1.807) is 32.4 Å². The maximum atomic E-state index is 13.7. The average molecular weight is 459 g/mol. The van der Waals surface area contributed by atoms with Crippen LogP contribution in [0, 0.1) is 0 Å². The minimum Gasteiger partial charge on any atom is -0.497 e. The molecule has 4 aromatic rings. The summed E-state index contributed by atoms with van der Waals surface area (Å²) < 4.78 is 48.8. The Kier molecular flexibility index (Phi) is 5.01. The molecular formula is C21H19F2N5O5. The second-order valence-corrected chi connectivity index (χ2v) is 7.16. The molecular weight excluding hydrogens is 440 g/mol. The van der Waals surface area contributed by atoms with Crippen LogP contribution in [-0.2, 0) is 13.0 Å². The van der Waals surface area contributed by atoms with Crippen LogP contribution in [0.15, 0.2) is 30.3 Å². The number of fused-ring (bicyclic) bond motifs is 5. The Labute approximate surface area is 185 Å². The highest BCUT2D eigenvalue weighted by Crippen LogP contribution is 2.45. The summed E-state index contributed by atoms with van der Waals surface area (Å²) >= 11 is 0. The second-order valence-electron chi connectivity index (χ2n) is 7.16. The molecule has 0 saturated carbocycles. The highest BCUT2D eigenvalue weighted by Gasteiger charge is 2.45. The van der Waals surface area contributed by atoms with E-state index in [-0.39, 0.29) is 42.5 Å². The van der Waals surface area contributed by atoms with Crippen LogP contribution >= 0.6 is 0 Å². The molecule has 0 bridgehead atoms. The molecule has 2 aromatic carbocycles. The van der Waals surface area contributed by atoms with Gasteiger partial charge in [-0.1, -0.05) is 0 Å². The maximum absolute atomic E-state index is 13.7. The van der Waals surface area contributed by atoms with Crippen LogP contribution in [0.2, 0.25) is 0 Å². The SMILES string of the molecule is COc1ccc(CNc2nc3c4c(ccc3c3nc(CCO)nn23)OC(F)(F)O4)c(OC)c1. The Morgan fingerprint density at radius 2 is 1.97 bits per heavy atom. The van der Waals surface area contributed by atoms with Gasteiger partial charge in [-0.25, -0.2) is 9.97 Å². The summed E-state index contributed by atoms with van der Waals surface area (Å²) in [4.78, 5) is 8.95. The standard InChI is InChI=1S/C21H19F2N5O5/c1-30-12-4-3-11(15(9-12)31-2)10-24-20-26-17-13(19-25-16(7-8-29)27-28(19)20)5-6-14-18(17)33-21(22,23)32-14/h3-6,9,29H,7-8,10H2,1-2H3,(H,24,26). The van der Waals surface area contributed by atoms with Gasteiger partial charge in [-0.2, -0.15) is 4.52 Å². The number of aliphatic hydroxyl groups excluding tert-OH is 1. The Hall–Kier alpha value is -3.93. The summed E-state index contributed by atoms with van der Waals surface area (Å²) in [5.74, 6) is 1.54. The topological polar surface area (TPSA) is 112 Å². The highest BCUT2D eigenvalue weighted by molar-refractivity contribution is 5.97. The second kappa shape index (κ2) is 7.89. The summed E-state index contributed by atoms with van der Waals surface area (Å²) in [5.41, 5.74) is 1.31. The first-order valence-corrected chi connectivity index (χ1v) is 9.96. The number of nitrogens with zero attached hydrogens (tertiary/aromatic N) is 4. The number of hydrogen-bond donors (Lipinski definition) is 2. The van der Waals surface area contributed by atoms with E-state index in [0.29, 0.717) is 28.4 Å². The summed E-state index contributed by atoms with van der Waals surface area (Å²) in [7, 11) is 3.11. The number of rotatable bonds is 7. The number of aliphatic hydroxyl groups is 1. The van der Waals surface area contributed by atoms with Gasteiger partial charge in [0, 0.05) is 30.0 Å². The molecule has 10 nitrogen and oxygen atoms in total. The Morgan fingerprint density at radius 3 is 2.73 bits per heavy atom. The molecule has 0 radical (unpaired) electrons. The van der Waals surface area contributed by atoms with E-state index in [4.69, 9.17) is 14.2 Å². The Balaban J connectivity index is 1.61. The summed E-state index contributed by atoms with van der Waals surface area (Å²) in [6, 6.07) is 8.30. The lowest BCUT2D eigenvalue weighted by Gasteiger charge is -2.13. The van der Waals surface area contributed by atoms with E-state index in [9.17, 15) is 13.9 Å². The molecule has 33 heavy (non-hydrogen) atoms. The average Bonchev–Trinajstić information content (AvgIpc) is 3.37. The fourth-order valence-corrected chi connectivity index (χ4v) is 3.61. The molecule has 0 fully saturated rings. The van der Waals surface area contributed by atoms with Crippen LogP contribution in [0.3, 0.4) is 0 Å². The third-order valence-corrected chi connectivity index (χ3v) is 5.12. The molecule has 5 rings (SSSR count). The predicted octanol–water partition coefficient (Wildman–Crippen LogP) is 2.76. The molecule has 1 aliphatic heterocycles. The van der Waals surface area contributed by atoms with Crippen molar-refractivity contribution >= 4 is 22.5 Å². The first-order chi connectivity index (χ1) is 15.9. The monoisotopic (exact) mass is 459 g/mol. The molecule has 1 aliphatic rings. The lowest BCUT2D eigenvalue weighted by molar-refractivity contribution is -0.286. The summed E-state index contributed by atoms with van der Waals surface area (Å²) in [6.07, 6.45) is -3.57. The summed E-state index contributed by atoms with van der Waals surface area (Å²) in [6.45, 7) is 0.130. The van der Waals surface area contributed by atoms with Gasteiger partial charge in [-0.15, -0.1) is 13.9 Å². The van der Waals surface area contributed by atoms with E-state index in [0.717, 1.165) is 5.56 Å². The van der Waals surface area contributed by atoms with E-state index in [1.165, 1.54) is 10.6 Å². The number of hydrogen-bond acceptors (Lipinski definition) is 9. The zero-order valence-corrected chi connectivity index (χ0v) is 17.6. The van der Waals surface area contributed by atoms with E-state index in [1.807, 2.05) is 6.07 Å². The van der Waals surface area contributed by atoms with Gasteiger partial charge >= 0.3 is 6.29 Å². The number of halogens is 2. The lowest BCUT2D eigenvalue weighted by atomic mass is 10.2. The fraction of sp³-hybridized carbons (Fsp3) is 0.286. The zero-order chi connectivity index (χ0) is 23.2. The minimum absolute atomic E-state index is 0.123. The number of ether oxygens (including phenoxy) is 4. The Morgan fingerprint density at radius 1 is 1.12 bits per heavy atom. The van der Waals surface area contributed by atoms with Gasteiger partial charge in [0.15, 0.2) is 23.0 Å². The van der Waals surface area contributed by atoms with Crippen molar-refractivity contribution in [1.82, 2.24) is 19.6 Å². The van der Waals surface area contributed by atoms with Crippen LogP contribution in [0.4, 0.5) is 14.7 Å². The van der Waals surface area contributed by atoms with E-state index < -0.39 is 6.29 Å². The number of methoxy groups -OCH3 is 2. The van der Waals surface area contributed by atoms with Gasteiger partial charge in [-0.3, -0.25) is 0 Å². The number of alkyl halides is 2. The maximum Gasteiger partial charge on any atom is 0.586 e. The molecule has 0 saturated heterocycles. The third-order valence-electron chi connectivity index (χ3n) is 5.12. The number of nitrogens with one attached hydrogen (secondary N) is 1. The lowest BCUT2D eigenvalue weighted by Crippen LogP contribution is -2.26. The van der Waals surface area contributed by atoms with Gasteiger partial charge in [0.2, 0.25) is 5.95 Å². The Bertz CT molecular complexity index is 1360. The number of aromatic nitrogens is 4. The van der Waals surface area contributed by atoms with Crippen molar-refractivity contribution in [1.29, 1.82) is 0 Å². The minimum atomic E-state index is -3.79. The molecule has 0 unspecified atom stereocenters. The van der Waals surface area contributed by atoms with Crippen LogP contribution in [0.5, 0.6) is 23.0 Å². The largest absolute Gasteiger partial charge is 0.586 e. The van der Waals surface area contributed by atoms with Crippen molar-refractivity contribution in [2.45, 2.75) is 19.3 Å². The van der Waals surface area contributed by atoms with Crippen molar-refractivity contribution in [2.24, 2.45) is 0 Å². The van der Waals surface area contributed by atoms with Gasteiger partial charge in [0.25, 0.3) is 0 Å². The van der Waals surface area contributed by atoms with Crippen LogP contribution in [-0.4, -0.2) is 51.8 Å². The zero-order valence-electron chi connectivity index (χ0n) is 17.6. The van der Waals surface area contributed by atoms with Crippen LogP contribution < -0.4 is 24.3 Å². The molecule has 0 amide bonds. The molecule has 0 atom stereocenters. The van der Waals surface area contributed by atoms with E-state index in [2.05, 4.69) is 25.1 Å². The summed E-state index contributed by atoms with van der Waals surface area (Å²) in [5, 5.41) is 17.3. The van der Waals surface area contributed by atoms with Gasteiger partial charge in [0.1, 0.15) is 17.0 Å². The van der Waals surface area contributed by atoms with Crippen molar-refractivity contribution in [2.75, 3.05) is 26.1 Å². The molecule has 2 N–H and O–H groups in total. The third kappa shape index (κ3) is 3.67. The molecule has 12 heteroatoms. The van der Waals surface area contributed by atoms with Crippen molar-refractivity contribution in [3.63, 3.8) is 0 Å². The quantitative estimate of drug-likeness (QED) is 0.431. The normalized spacial score (nSPS) is 14.1. The van der Waals surface area contributed by atoms with Crippen molar-refractivity contribution < 1.29 is 32.8 Å². The fourth-order valence-electron chi connectivity index (χ4n) is 3.61. The van der Waals surface area contributed by atoms with Gasteiger partial charge in [0.05, 0.1) is 20.8 Å². The number of benzene rings is 2. The molecule has 3 heterocycles. The molecule has 0 aliphatic carbocycles. The van der Waals surface area contributed by atoms with Crippen LogP contribution in [0.25, 0.3) is 16.6 Å². The predicted molar refractivity (Wildman–Crippen MR) is 112 cm³/mol. The molecule has 2 aromatic heterocycles. The van der Waals surface area contributed by atoms with Crippen LogP contribution in [0.1, 0.15) is 11.4 Å². The first kappa shape index (κ1) is 20.9. The van der Waals surface area contributed by atoms with E-state index >= 15 is 0 Å². The van der Waals surface area contributed by atoms with Crippen molar-refractivity contribution in [3.8, 4) is 23.0 Å². The molecule has 0 spiro atoms. The van der Waals surface area contributed by atoms with Crippen molar-refractivity contribution in [3.05, 3.63) is 41.7 Å². The smallest absolute Gasteiger partial charge is 0.497 e. The van der Waals surface area contributed by atoms with Gasteiger partial charge in [-0.05, 0) is 24.3 Å². The first-order valence-electron chi connectivity index (χ1n) is 9.96. The number of anilines is 1. The molecule has 172 valence electrons. The van der Waals surface area contributed by atoms with Gasteiger partial charge < -0.3 is 29.4 Å². The highest BCUT2D eigenvalue weighted by atomic mass is 19.3.